The van der Waals surface area contributed by atoms with E-state index in [0.717, 1.165) is 30.8 Å². The van der Waals surface area contributed by atoms with Crippen LogP contribution >= 0.6 is 0 Å². The Balaban J connectivity index is 1.45. The zero-order valence-corrected chi connectivity index (χ0v) is 19.5. The van der Waals surface area contributed by atoms with Gasteiger partial charge in [-0.15, -0.1) is 0 Å². The van der Waals surface area contributed by atoms with Crippen LogP contribution in [0.3, 0.4) is 0 Å². The van der Waals surface area contributed by atoms with Crippen LogP contribution in [-0.2, 0) is 33.9 Å². The van der Waals surface area contributed by atoms with Gasteiger partial charge in [0.05, 0.1) is 32.0 Å². The Hall–Kier alpha value is -2.25. The molecule has 0 bridgehead atoms. The van der Waals surface area contributed by atoms with Crippen LogP contribution in [0.15, 0.2) is 48.5 Å². The van der Waals surface area contributed by atoms with Gasteiger partial charge in [0.2, 0.25) is 0 Å². The fourth-order valence-electron chi connectivity index (χ4n) is 4.00. The van der Waals surface area contributed by atoms with Gasteiger partial charge in [0.1, 0.15) is 0 Å². The van der Waals surface area contributed by atoms with Crippen LogP contribution in [-0.4, -0.2) is 55.9 Å². The number of carbonyl (C=O) groups excluding carboxylic acids is 1. The van der Waals surface area contributed by atoms with E-state index in [1.807, 2.05) is 49.4 Å². The molecule has 174 valence electrons. The summed E-state index contributed by atoms with van der Waals surface area (Å²) in [4.78, 5) is 15.0. The van der Waals surface area contributed by atoms with Gasteiger partial charge in [0, 0.05) is 38.3 Å². The number of morpholine rings is 1. The number of rotatable bonds is 11. The normalized spacial score (nSPS) is 19.1. The van der Waals surface area contributed by atoms with Gasteiger partial charge in [-0.25, -0.2) is 0 Å². The molecule has 2 aromatic rings. The third-order valence-electron chi connectivity index (χ3n) is 5.41. The summed E-state index contributed by atoms with van der Waals surface area (Å²) in [6, 6.07) is 16.0. The Morgan fingerprint density at radius 1 is 1.00 bits per heavy atom. The largest absolute Gasteiger partial charge is 0.379 e. The summed E-state index contributed by atoms with van der Waals surface area (Å²) in [5, 5.41) is 3.01. The van der Waals surface area contributed by atoms with E-state index >= 15 is 0 Å². The molecule has 32 heavy (non-hydrogen) atoms. The summed E-state index contributed by atoms with van der Waals surface area (Å²) < 4.78 is 16.7. The molecule has 1 fully saturated rings. The number of nitrogens with zero attached hydrogens (tertiary/aromatic N) is 1. The van der Waals surface area contributed by atoms with Crippen LogP contribution in [0.5, 0.6) is 0 Å². The third-order valence-corrected chi connectivity index (χ3v) is 5.41. The van der Waals surface area contributed by atoms with Crippen molar-refractivity contribution in [3.8, 4) is 0 Å². The van der Waals surface area contributed by atoms with Gasteiger partial charge < -0.3 is 19.5 Å². The summed E-state index contributed by atoms with van der Waals surface area (Å²) in [7, 11) is 0. The maximum atomic E-state index is 12.6. The summed E-state index contributed by atoms with van der Waals surface area (Å²) in [5.41, 5.74) is 4.02. The quantitative estimate of drug-likeness (QED) is 0.539. The van der Waals surface area contributed by atoms with Crippen LogP contribution in [0.25, 0.3) is 0 Å². The van der Waals surface area contributed by atoms with Gasteiger partial charge >= 0.3 is 0 Å². The summed E-state index contributed by atoms with van der Waals surface area (Å²) in [6.07, 6.45) is 0.507. The van der Waals surface area contributed by atoms with Crippen molar-refractivity contribution in [1.29, 1.82) is 0 Å². The van der Waals surface area contributed by atoms with Crippen molar-refractivity contribution in [2.75, 3.05) is 32.9 Å². The lowest BCUT2D eigenvalue weighted by Gasteiger charge is -2.35. The highest BCUT2D eigenvalue weighted by Crippen LogP contribution is 2.15. The standard InChI is InChI=1S/C26H36N2O4/c1-4-30-12-13-31-19-24-7-5-6-23(14-24)15-27-26(29)25-10-8-22(9-11-25)18-28-16-20(2)32-21(3)17-28/h5-11,14,20-21H,4,12-13,15-19H2,1-3H3,(H,27,29). The van der Waals surface area contributed by atoms with Gasteiger partial charge in [-0.05, 0) is 49.6 Å². The summed E-state index contributed by atoms with van der Waals surface area (Å²) >= 11 is 0. The highest BCUT2D eigenvalue weighted by molar-refractivity contribution is 5.94. The van der Waals surface area contributed by atoms with Gasteiger partial charge in [0.15, 0.2) is 0 Å². The minimum atomic E-state index is -0.0662. The summed E-state index contributed by atoms with van der Waals surface area (Å²) in [6.45, 7) is 11.8. The molecule has 1 saturated heterocycles. The smallest absolute Gasteiger partial charge is 0.251 e. The van der Waals surface area contributed by atoms with Crippen molar-refractivity contribution in [3.05, 3.63) is 70.8 Å². The first kappa shape index (κ1) is 24.4. The van der Waals surface area contributed by atoms with E-state index in [1.165, 1.54) is 5.56 Å². The van der Waals surface area contributed by atoms with Crippen LogP contribution in [0.4, 0.5) is 0 Å². The Labute approximate surface area is 191 Å². The van der Waals surface area contributed by atoms with E-state index in [9.17, 15) is 4.79 Å². The molecule has 1 aliphatic heterocycles. The maximum absolute atomic E-state index is 12.6. The number of benzene rings is 2. The van der Waals surface area contributed by atoms with Gasteiger partial charge in [-0.1, -0.05) is 36.4 Å². The monoisotopic (exact) mass is 440 g/mol. The molecule has 3 rings (SSSR count). The van der Waals surface area contributed by atoms with Crippen LogP contribution in [0.1, 0.15) is 47.8 Å². The molecule has 0 aliphatic carbocycles. The number of hydrogen-bond donors (Lipinski definition) is 1. The lowest BCUT2D eigenvalue weighted by molar-refractivity contribution is -0.0704. The molecule has 1 heterocycles. The molecule has 2 unspecified atom stereocenters. The van der Waals surface area contributed by atoms with Crippen molar-refractivity contribution >= 4 is 5.91 Å². The van der Waals surface area contributed by atoms with Crippen LogP contribution < -0.4 is 5.32 Å². The average Bonchev–Trinajstić information content (AvgIpc) is 2.77. The molecule has 6 nitrogen and oxygen atoms in total. The molecule has 2 aromatic carbocycles. The van der Waals surface area contributed by atoms with E-state index in [1.54, 1.807) is 0 Å². The number of hydrogen-bond acceptors (Lipinski definition) is 5. The molecule has 1 N–H and O–H groups in total. The fourth-order valence-corrected chi connectivity index (χ4v) is 4.00. The lowest BCUT2D eigenvalue weighted by Crippen LogP contribution is -2.44. The molecular formula is C26H36N2O4. The van der Waals surface area contributed by atoms with Crippen LogP contribution in [0.2, 0.25) is 0 Å². The first-order chi connectivity index (χ1) is 15.5. The number of nitrogens with one attached hydrogen (secondary N) is 1. The predicted molar refractivity (Wildman–Crippen MR) is 125 cm³/mol. The third kappa shape index (κ3) is 8.02. The van der Waals surface area contributed by atoms with Crippen LogP contribution in [0, 0.1) is 0 Å². The number of amides is 1. The molecular weight excluding hydrogens is 404 g/mol. The first-order valence-electron chi connectivity index (χ1n) is 11.5. The Morgan fingerprint density at radius 2 is 1.69 bits per heavy atom. The van der Waals surface area contributed by atoms with E-state index in [0.29, 0.717) is 38.5 Å². The van der Waals surface area contributed by atoms with E-state index in [4.69, 9.17) is 14.2 Å². The SMILES string of the molecule is CCOCCOCc1cccc(CNC(=O)c2ccc(CN3CC(C)OC(C)C3)cc2)c1. The average molecular weight is 441 g/mol. The molecule has 1 amide bonds. The molecule has 2 atom stereocenters. The second-order valence-electron chi connectivity index (χ2n) is 8.40. The predicted octanol–water partition coefficient (Wildman–Crippen LogP) is 3.78. The molecule has 0 aromatic heterocycles. The van der Waals surface area contributed by atoms with Crippen molar-refractivity contribution in [3.63, 3.8) is 0 Å². The second kappa shape index (κ2) is 12.7. The van der Waals surface area contributed by atoms with E-state index < -0.39 is 0 Å². The minimum Gasteiger partial charge on any atom is -0.379 e. The highest BCUT2D eigenvalue weighted by atomic mass is 16.5. The molecule has 1 aliphatic rings. The Bertz CT molecular complexity index is 830. The number of ether oxygens (including phenoxy) is 3. The van der Waals surface area contributed by atoms with Crippen molar-refractivity contribution < 1.29 is 19.0 Å². The fraction of sp³-hybridized carbons (Fsp3) is 0.500. The van der Waals surface area contributed by atoms with Crippen molar-refractivity contribution in [1.82, 2.24) is 10.2 Å². The Morgan fingerprint density at radius 3 is 2.41 bits per heavy atom. The van der Waals surface area contributed by atoms with Crippen molar-refractivity contribution in [2.24, 2.45) is 0 Å². The van der Waals surface area contributed by atoms with E-state index in [-0.39, 0.29) is 18.1 Å². The topological polar surface area (TPSA) is 60.0 Å². The zero-order valence-electron chi connectivity index (χ0n) is 19.5. The molecule has 0 radical (unpaired) electrons. The molecule has 0 saturated carbocycles. The van der Waals surface area contributed by atoms with Gasteiger partial charge in [-0.2, -0.15) is 0 Å². The molecule has 6 heteroatoms. The molecule has 0 spiro atoms. The summed E-state index contributed by atoms with van der Waals surface area (Å²) in [5.74, 6) is -0.0662. The second-order valence-corrected chi connectivity index (χ2v) is 8.40. The Kier molecular flexibility index (Phi) is 9.68. The van der Waals surface area contributed by atoms with Gasteiger partial charge in [0.25, 0.3) is 5.91 Å². The minimum absolute atomic E-state index is 0.0662. The van der Waals surface area contributed by atoms with E-state index in [2.05, 4.69) is 30.1 Å². The van der Waals surface area contributed by atoms with Crippen molar-refractivity contribution in [2.45, 2.75) is 52.7 Å². The maximum Gasteiger partial charge on any atom is 0.251 e. The first-order valence-corrected chi connectivity index (χ1v) is 11.5. The van der Waals surface area contributed by atoms with Gasteiger partial charge in [-0.3, -0.25) is 9.69 Å². The number of carbonyl (C=O) groups is 1. The zero-order chi connectivity index (χ0) is 22.8. The lowest BCUT2D eigenvalue weighted by atomic mass is 10.1. The highest BCUT2D eigenvalue weighted by Gasteiger charge is 2.22.